The number of aryl methyl sites for hydroxylation is 1. The third-order valence-corrected chi connectivity index (χ3v) is 5.06. The van der Waals surface area contributed by atoms with E-state index < -0.39 is 0 Å². The number of rotatable bonds is 5. The number of nitrogens with one attached hydrogen (secondary N) is 1. The number of benzene rings is 1. The maximum atomic E-state index is 12.3. The van der Waals surface area contributed by atoms with E-state index in [4.69, 9.17) is 4.74 Å². The number of methoxy groups -OCH3 is 1. The van der Waals surface area contributed by atoms with Crippen molar-refractivity contribution in [3.05, 3.63) is 52.2 Å². The van der Waals surface area contributed by atoms with Crippen LogP contribution in [0.2, 0.25) is 0 Å². The average molecular weight is 370 g/mol. The largest absolute Gasteiger partial charge is 0.380 e. The molecular weight excluding hydrogens is 344 g/mol. The molecule has 1 aliphatic rings. The van der Waals surface area contributed by atoms with Crippen molar-refractivity contribution in [1.82, 2.24) is 9.55 Å². The van der Waals surface area contributed by atoms with Crippen molar-refractivity contribution in [2.75, 3.05) is 30.4 Å². The average Bonchev–Trinajstić information content (AvgIpc) is 2.69. The van der Waals surface area contributed by atoms with Gasteiger partial charge in [0.2, 0.25) is 5.91 Å². The normalized spacial score (nSPS) is 17.0. The van der Waals surface area contributed by atoms with Gasteiger partial charge in [0.15, 0.2) is 0 Å². The van der Waals surface area contributed by atoms with Crippen molar-refractivity contribution < 1.29 is 9.53 Å². The Hall–Kier alpha value is -2.67. The minimum atomic E-state index is -0.257. The van der Waals surface area contributed by atoms with Gasteiger partial charge in [0.1, 0.15) is 6.54 Å². The first-order valence-electron chi connectivity index (χ1n) is 9.18. The van der Waals surface area contributed by atoms with Crippen molar-refractivity contribution in [1.29, 1.82) is 0 Å². The molecule has 1 unspecified atom stereocenters. The number of piperidine rings is 1. The molecule has 7 heteroatoms. The first-order chi connectivity index (χ1) is 13.0. The van der Waals surface area contributed by atoms with E-state index in [2.05, 4.69) is 15.2 Å². The standard InChI is InChI=1S/C20H26N4O3/c1-14-15(2)21-13-24(20(14)26)12-19(25)22-16-6-8-17(9-7-16)23-10-4-5-18(11-23)27-3/h6-9,13,18H,4-5,10-12H2,1-3H3,(H,22,25). The number of amides is 1. The van der Waals surface area contributed by atoms with Crippen LogP contribution in [-0.4, -0.2) is 41.8 Å². The van der Waals surface area contributed by atoms with E-state index in [-0.39, 0.29) is 24.1 Å². The molecule has 0 bridgehead atoms. The van der Waals surface area contributed by atoms with E-state index >= 15 is 0 Å². The van der Waals surface area contributed by atoms with E-state index in [0.717, 1.165) is 31.6 Å². The monoisotopic (exact) mass is 370 g/mol. The number of nitrogens with zero attached hydrogens (tertiary/aromatic N) is 3. The van der Waals surface area contributed by atoms with Crippen LogP contribution in [0.5, 0.6) is 0 Å². The van der Waals surface area contributed by atoms with Crippen LogP contribution < -0.4 is 15.8 Å². The van der Waals surface area contributed by atoms with Gasteiger partial charge < -0.3 is 15.0 Å². The van der Waals surface area contributed by atoms with Crippen molar-refractivity contribution in [3.8, 4) is 0 Å². The van der Waals surface area contributed by atoms with Gasteiger partial charge in [-0.05, 0) is 51.0 Å². The summed E-state index contributed by atoms with van der Waals surface area (Å²) in [6.07, 6.45) is 3.88. The highest BCUT2D eigenvalue weighted by molar-refractivity contribution is 5.90. The molecule has 144 valence electrons. The van der Waals surface area contributed by atoms with E-state index in [9.17, 15) is 9.59 Å². The third-order valence-electron chi connectivity index (χ3n) is 5.06. The van der Waals surface area contributed by atoms with Crippen molar-refractivity contribution in [2.45, 2.75) is 39.3 Å². The molecule has 2 aromatic rings. The quantitative estimate of drug-likeness (QED) is 0.872. The lowest BCUT2D eigenvalue weighted by atomic mass is 10.1. The molecule has 1 aliphatic heterocycles. The number of carbonyl (C=O) groups excluding carboxylic acids is 1. The fraction of sp³-hybridized carbons (Fsp3) is 0.450. The molecule has 1 N–H and O–H groups in total. The highest BCUT2D eigenvalue weighted by Gasteiger charge is 2.19. The molecular formula is C20H26N4O3. The number of aromatic nitrogens is 2. The minimum Gasteiger partial charge on any atom is -0.380 e. The molecule has 27 heavy (non-hydrogen) atoms. The van der Waals surface area contributed by atoms with Gasteiger partial charge in [-0.25, -0.2) is 4.98 Å². The molecule has 0 radical (unpaired) electrons. The van der Waals surface area contributed by atoms with Crippen molar-refractivity contribution >= 4 is 17.3 Å². The van der Waals surface area contributed by atoms with Gasteiger partial charge in [-0.15, -0.1) is 0 Å². The molecule has 2 heterocycles. The fourth-order valence-corrected chi connectivity index (χ4v) is 3.26. The summed E-state index contributed by atoms with van der Waals surface area (Å²) in [5.74, 6) is -0.257. The van der Waals surface area contributed by atoms with Gasteiger partial charge in [0.25, 0.3) is 5.56 Å². The zero-order valence-electron chi connectivity index (χ0n) is 16.1. The molecule has 3 rings (SSSR count). The first kappa shape index (κ1) is 19.1. The molecule has 1 aromatic heterocycles. The van der Waals surface area contributed by atoms with E-state index in [1.807, 2.05) is 24.3 Å². The number of hydrogen-bond acceptors (Lipinski definition) is 5. The van der Waals surface area contributed by atoms with Crippen LogP contribution in [0.25, 0.3) is 0 Å². The summed E-state index contributed by atoms with van der Waals surface area (Å²) < 4.78 is 6.79. The minimum absolute atomic E-state index is 0.0592. The maximum absolute atomic E-state index is 12.3. The highest BCUT2D eigenvalue weighted by Crippen LogP contribution is 2.23. The first-order valence-corrected chi connectivity index (χ1v) is 9.18. The summed E-state index contributed by atoms with van der Waals surface area (Å²) in [6.45, 7) is 5.32. The van der Waals surface area contributed by atoms with Gasteiger partial charge in [-0.1, -0.05) is 0 Å². The Bertz CT molecular complexity index is 861. The molecule has 1 aromatic carbocycles. The fourth-order valence-electron chi connectivity index (χ4n) is 3.26. The van der Waals surface area contributed by atoms with Crippen LogP contribution in [0.15, 0.2) is 35.4 Å². The van der Waals surface area contributed by atoms with Gasteiger partial charge in [-0.2, -0.15) is 0 Å². The van der Waals surface area contributed by atoms with Crippen LogP contribution in [-0.2, 0) is 16.1 Å². The lowest BCUT2D eigenvalue weighted by Gasteiger charge is -2.33. The lowest BCUT2D eigenvalue weighted by molar-refractivity contribution is -0.116. The number of hydrogen-bond donors (Lipinski definition) is 1. The zero-order chi connectivity index (χ0) is 19.4. The van der Waals surface area contributed by atoms with Gasteiger partial charge in [-0.3, -0.25) is 14.2 Å². The summed E-state index contributed by atoms with van der Waals surface area (Å²) in [4.78, 5) is 30.9. The molecule has 0 aliphatic carbocycles. The number of ether oxygens (including phenoxy) is 1. The van der Waals surface area contributed by atoms with E-state index in [1.165, 1.54) is 10.9 Å². The Morgan fingerprint density at radius 3 is 2.74 bits per heavy atom. The highest BCUT2D eigenvalue weighted by atomic mass is 16.5. The van der Waals surface area contributed by atoms with Crippen molar-refractivity contribution in [2.24, 2.45) is 0 Å². The molecule has 1 atom stereocenters. The topological polar surface area (TPSA) is 76.5 Å². The van der Waals surface area contributed by atoms with Crippen LogP contribution in [0.4, 0.5) is 11.4 Å². The predicted molar refractivity (Wildman–Crippen MR) is 105 cm³/mol. The SMILES string of the molecule is COC1CCCN(c2ccc(NC(=O)Cn3cnc(C)c(C)c3=O)cc2)C1. The Morgan fingerprint density at radius 2 is 2.04 bits per heavy atom. The van der Waals surface area contributed by atoms with E-state index in [0.29, 0.717) is 16.9 Å². The molecule has 0 spiro atoms. The van der Waals surface area contributed by atoms with Crippen molar-refractivity contribution in [3.63, 3.8) is 0 Å². The summed E-state index contributed by atoms with van der Waals surface area (Å²) >= 11 is 0. The Morgan fingerprint density at radius 1 is 1.30 bits per heavy atom. The van der Waals surface area contributed by atoms with Gasteiger partial charge >= 0.3 is 0 Å². The summed E-state index contributed by atoms with van der Waals surface area (Å²) in [5.41, 5.74) is 2.87. The van der Waals surface area contributed by atoms with E-state index in [1.54, 1.807) is 21.0 Å². The second-order valence-electron chi connectivity index (χ2n) is 6.93. The summed E-state index contributed by atoms with van der Waals surface area (Å²) in [7, 11) is 1.75. The molecule has 0 saturated carbocycles. The summed E-state index contributed by atoms with van der Waals surface area (Å²) in [5, 5.41) is 2.83. The van der Waals surface area contributed by atoms with Gasteiger partial charge in [0.05, 0.1) is 12.4 Å². The lowest BCUT2D eigenvalue weighted by Crippen LogP contribution is -2.39. The summed E-state index contributed by atoms with van der Waals surface area (Å²) in [6, 6.07) is 7.75. The Balaban J connectivity index is 1.62. The predicted octanol–water partition coefficient (Wildman–Crippen LogP) is 2.11. The second-order valence-corrected chi connectivity index (χ2v) is 6.93. The van der Waals surface area contributed by atoms with Crippen LogP contribution >= 0.6 is 0 Å². The second kappa shape index (κ2) is 8.35. The Labute approximate surface area is 159 Å². The Kier molecular flexibility index (Phi) is 5.91. The number of anilines is 2. The number of carbonyl (C=O) groups is 1. The van der Waals surface area contributed by atoms with Gasteiger partial charge in [0, 0.05) is 42.8 Å². The molecule has 1 saturated heterocycles. The van der Waals surface area contributed by atoms with Crippen LogP contribution in [0.3, 0.4) is 0 Å². The maximum Gasteiger partial charge on any atom is 0.256 e. The molecule has 1 fully saturated rings. The smallest absolute Gasteiger partial charge is 0.256 e. The zero-order valence-corrected chi connectivity index (χ0v) is 16.1. The molecule has 7 nitrogen and oxygen atoms in total. The van der Waals surface area contributed by atoms with Crippen LogP contribution in [0, 0.1) is 13.8 Å². The van der Waals surface area contributed by atoms with Crippen LogP contribution in [0.1, 0.15) is 24.1 Å². The molecule has 1 amide bonds. The third kappa shape index (κ3) is 4.54.